The van der Waals surface area contributed by atoms with Crippen molar-refractivity contribution in [1.29, 1.82) is 0 Å². The summed E-state index contributed by atoms with van der Waals surface area (Å²) in [4.78, 5) is 2.12. The van der Waals surface area contributed by atoms with Crippen LogP contribution in [0.25, 0.3) is 0 Å². The van der Waals surface area contributed by atoms with Gasteiger partial charge in [-0.3, -0.25) is 0 Å². The summed E-state index contributed by atoms with van der Waals surface area (Å²) < 4.78 is 38.4. The number of hydrogen-bond acceptors (Lipinski definition) is 4. The molecule has 20 heavy (non-hydrogen) atoms. The Morgan fingerprint density at radius 1 is 1.30 bits per heavy atom. The Balaban J connectivity index is 2.26. The molecule has 1 aliphatic rings. The van der Waals surface area contributed by atoms with Crippen LogP contribution in [-0.2, 0) is 10.0 Å². The maximum atomic E-state index is 13.8. The Kier molecular flexibility index (Phi) is 4.31. The van der Waals surface area contributed by atoms with Crippen LogP contribution in [0.5, 0.6) is 0 Å². The third-order valence-corrected chi connectivity index (χ3v) is 5.03. The lowest BCUT2D eigenvalue weighted by Crippen LogP contribution is -2.54. The monoisotopic (exact) mass is 301 g/mol. The highest BCUT2D eigenvalue weighted by molar-refractivity contribution is 7.89. The number of halogens is 1. The molecule has 0 aliphatic carbocycles. The predicted molar refractivity (Wildman–Crippen MR) is 75.7 cm³/mol. The zero-order valence-corrected chi connectivity index (χ0v) is 12.5. The fourth-order valence-corrected chi connectivity index (χ4v) is 3.82. The summed E-state index contributed by atoms with van der Waals surface area (Å²) >= 11 is 0. The summed E-state index contributed by atoms with van der Waals surface area (Å²) in [5.41, 5.74) is 5.63. The van der Waals surface area contributed by atoms with Gasteiger partial charge in [0.25, 0.3) is 10.0 Å². The maximum Gasteiger partial charge on any atom is 0.256 e. The van der Waals surface area contributed by atoms with E-state index in [1.807, 2.05) is 13.8 Å². The molecular weight excluding hydrogens is 281 g/mol. The van der Waals surface area contributed by atoms with E-state index in [0.717, 1.165) is 25.3 Å². The van der Waals surface area contributed by atoms with Crippen LogP contribution in [0.3, 0.4) is 0 Å². The summed E-state index contributed by atoms with van der Waals surface area (Å²) in [5.74, 6) is -0.838. The molecule has 7 heteroatoms. The second kappa shape index (κ2) is 5.67. The SMILES string of the molecule is CC1CCCC(C)N1NS(=O)(=O)c1ccc(N)cc1F. The number of hydrogen-bond donors (Lipinski definition) is 2. The van der Waals surface area contributed by atoms with Crippen molar-refractivity contribution in [3.63, 3.8) is 0 Å². The largest absolute Gasteiger partial charge is 0.399 e. The lowest BCUT2D eigenvalue weighted by molar-refractivity contribution is 0.0789. The molecule has 0 spiro atoms. The van der Waals surface area contributed by atoms with Crippen molar-refractivity contribution in [2.75, 3.05) is 5.73 Å². The lowest BCUT2D eigenvalue weighted by atomic mass is 10.0. The van der Waals surface area contributed by atoms with Crippen LogP contribution in [-0.4, -0.2) is 25.5 Å². The fraction of sp³-hybridized carbons (Fsp3) is 0.538. The second-order valence-electron chi connectivity index (χ2n) is 5.32. The van der Waals surface area contributed by atoms with Gasteiger partial charge in [0.05, 0.1) is 0 Å². The van der Waals surface area contributed by atoms with Gasteiger partial charge in [0.1, 0.15) is 10.7 Å². The quantitative estimate of drug-likeness (QED) is 0.836. The van der Waals surface area contributed by atoms with E-state index in [2.05, 4.69) is 4.83 Å². The van der Waals surface area contributed by atoms with Crippen molar-refractivity contribution >= 4 is 15.7 Å². The normalized spacial score (nSPS) is 24.8. The number of nitrogens with zero attached hydrogens (tertiary/aromatic N) is 1. The number of nitrogen functional groups attached to an aromatic ring is 1. The smallest absolute Gasteiger partial charge is 0.256 e. The van der Waals surface area contributed by atoms with Crippen LogP contribution in [0.1, 0.15) is 33.1 Å². The Hall–Kier alpha value is -1.18. The van der Waals surface area contributed by atoms with Crippen molar-refractivity contribution in [3.05, 3.63) is 24.0 Å². The zero-order chi connectivity index (χ0) is 14.9. The van der Waals surface area contributed by atoms with Crippen LogP contribution in [0.15, 0.2) is 23.1 Å². The number of benzene rings is 1. The summed E-state index contributed by atoms with van der Waals surface area (Å²) in [5, 5.41) is 1.69. The second-order valence-corrected chi connectivity index (χ2v) is 6.95. The molecule has 1 aliphatic heterocycles. The molecule has 1 fully saturated rings. The van der Waals surface area contributed by atoms with Gasteiger partial charge in [0, 0.05) is 17.8 Å². The Bertz CT molecular complexity index is 581. The van der Waals surface area contributed by atoms with Gasteiger partial charge < -0.3 is 5.73 Å². The van der Waals surface area contributed by atoms with E-state index in [4.69, 9.17) is 5.73 Å². The number of hydrazine groups is 1. The average molecular weight is 301 g/mol. The molecule has 112 valence electrons. The first-order valence-electron chi connectivity index (χ1n) is 6.67. The Labute approximate surface area is 119 Å². The minimum atomic E-state index is -3.93. The van der Waals surface area contributed by atoms with Crippen molar-refractivity contribution in [2.24, 2.45) is 0 Å². The van der Waals surface area contributed by atoms with Gasteiger partial charge in [-0.25, -0.2) is 17.8 Å². The van der Waals surface area contributed by atoms with Crippen LogP contribution in [0.4, 0.5) is 10.1 Å². The first-order valence-corrected chi connectivity index (χ1v) is 8.15. The Morgan fingerprint density at radius 3 is 2.45 bits per heavy atom. The van der Waals surface area contributed by atoms with Gasteiger partial charge in [-0.15, -0.1) is 4.83 Å². The molecule has 2 atom stereocenters. The number of piperidine rings is 1. The predicted octanol–water partition coefficient (Wildman–Crippen LogP) is 1.86. The van der Waals surface area contributed by atoms with Crippen molar-refractivity contribution in [3.8, 4) is 0 Å². The molecule has 0 bridgehead atoms. The molecule has 1 saturated heterocycles. The Morgan fingerprint density at radius 2 is 1.90 bits per heavy atom. The lowest BCUT2D eigenvalue weighted by Gasteiger charge is -2.38. The molecule has 2 unspecified atom stereocenters. The van der Waals surface area contributed by atoms with E-state index >= 15 is 0 Å². The molecule has 0 amide bonds. The molecule has 2 rings (SSSR count). The first kappa shape index (κ1) is 15.2. The van der Waals surface area contributed by atoms with Crippen LogP contribution in [0, 0.1) is 5.82 Å². The van der Waals surface area contributed by atoms with Crippen LogP contribution < -0.4 is 10.6 Å². The standard InChI is InChI=1S/C13H20FN3O2S/c1-9-4-3-5-10(2)17(9)16-20(18,19)13-7-6-11(15)8-12(13)14/h6-10,16H,3-5,15H2,1-2H3. The van der Waals surface area contributed by atoms with Gasteiger partial charge in [-0.2, -0.15) is 0 Å². The van der Waals surface area contributed by atoms with Crippen LogP contribution >= 0.6 is 0 Å². The third kappa shape index (κ3) is 3.11. The number of rotatable bonds is 3. The zero-order valence-electron chi connectivity index (χ0n) is 11.6. The van der Waals surface area contributed by atoms with E-state index in [1.165, 1.54) is 12.1 Å². The third-order valence-electron chi connectivity index (χ3n) is 3.66. The molecule has 0 aromatic heterocycles. The summed E-state index contributed by atoms with van der Waals surface area (Å²) in [6.45, 7) is 3.91. The molecule has 3 N–H and O–H groups in total. The molecule has 0 saturated carbocycles. The highest BCUT2D eigenvalue weighted by Gasteiger charge is 2.30. The van der Waals surface area contributed by atoms with Gasteiger partial charge >= 0.3 is 0 Å². The highest BCUT2D eigenvalue weighted by Crippen LogP contribution is 2.23. The van der Waals surface area contributed by atoms with Crippen LogP contribution in [0.2, 0.25) is 0 Å². The topological polar surface area (TPSA) is 75.4 Å². The fourth-order valence-electron chi connectivity index (χ4n) is 2.52. The maximum absolute atomic E-state index is 13.8. The van der Waals surface area contributed by atoms with E-state index in [9.17, 15) is 12.8 Å². The number of nitrogens with one attached hydrogen (secondary N) is 1. The van der Waals surface area contributed by atoms with E-state index in [1.54, 1.807) is 5.01 Å². The van der Waals surface area contributed by atoms with Gasteiger partial charge in [0.15, 0.2) is 0 Å². The minimum absolute atomic E-state index is 0.0883. The number of nitrogens with two attached hydrogens (primary N) is 1. The van der Waals surface area contributed by atoms with Crippen molar-refractivity contribution in [2.45, 2.75) is 50.1 Å². The summed E-state index contributed by atoms with van der Waals surface area (Å²) in [6, 6.07) is 3.75. The minimum Gasteiger partial charge on any atom is -0.399 e. The first-order chi connectivity index (χ1) is 9.31. The molecule has 0 radical (unpaired) electrons. The highest BCUT2D eigenvalue weighted by atomic mass is 32.2. The van der Waals surface area contributed by atoms with Crippen molar-refractivity contribution in [1.82, 2.24) is 9.84 Å². The van der Waals surface area contributed by atoms with Crippen molar-refractivity contribution < 1.29 is 12.8 Å². The summed E-state index contributed by atoms with van der Waals surface area (Å²) in [7, 11) is -3.93. The molecular formula is C13H20FN3O2S. The number of sulfonamides is 1. The van der Waals surface area contributed by atoms with E-state index in [-0.39, 0.29) is 22.7 Å². The van der Waals surface area contributed by atoms with Gasteiger partial charge in [0.2, 0.25) is 0 Å². The van der Waals surface area contributed by atoms with Gasteiger partial charge in [-0.1, -0.05) is 6.42 Å². The molecule has 1 aromatic carbocycles. The van der Waals surface area contributed by atoms with E-state index < -0.39 is 15.8 Å². The van der Waals surface area contributed by atoms with E-state index in [0.29, 0.717) is 0 Å². The van der Waals surface area contributed by atoms with Gasteiger partial charge in [-0.05, 0) is 44.9 Å². The average Bonchev–Trinajstić information content (AvgIpc) is 2.33. The molecule has 1 aromatic rings. The molecule has 1 heterocycles. The molecule has 5 nitrogen and oxygen atoms in total. The number of anilines is 1. The summed E-state index contributed by atoms with van der Waals surface area (Å²) in [6.07, 6.45) is 2.89.